The fourth-order valence-corrected chi connectivity index (χ4v) is 4.61. The van der Waals surface area contributed by atoms with Gasteiger partial charge in [-0.1, -0.05) is 60.7 Å². The number of ketones is 3. The van der Waals surface area contributed by atoms with E-state index >= 15 is 0 Å². The zero-order valence-corrected chi connectivity index (χ0v) is 13.9. The van der Waals surface area contributed by atoms with Crippen LogP contribution in [0.1, 0.15) is 40.0 Å². The molecule has 126 valence electrons. The normalized spacial score (nSPS) is 27.9. The number of hydrogen-bond acceptors (Lipinski definition) is 3. The molecule has 2 aromatic rings. The lowest BCUT2D eigenvalue weighted by atomic mass is 9.55. The molecule has 3 nitrogen and oxygen atoms in total. The summed E-state index contributed by atoms with van der Waals surface area (Å²) in [4.78, 5) is 38.8. The van der Waals surface area contributed by atoms with E-state index in [0.29, 0.717) is 17.5 Å². The van der Waals surface area contributed by atoms with Crippen molar-refractivity contribution in [1.82, 2.24) is 0 Å². The second-order valence-corrected chi connectivity index (χ2v) is 7.13. The Morgan fingerprint density at radius 3 is 1.76 bits per heavy atom. The Kier molecular flexibility index (Phi) is 4.08. The first-order valence-electron chi connectivity index (χ1n) is 8.88. The zero-order chi connectivity index (χ0) is 17.4. The molecule has 0 radical (unpaired) electrons. The molecule has 0 unspecified atom stereocenters. The average molecular weight is 332 g/mol. The van der Waals surface area contributed by atoms with Crippen molar-refractivity contribution >= 4 is 17.3 Å². The maximum Gasteiger partial charge on any atom is 0.167 e. The Morgan fingerprint density at radius 2 is 1.24 bits per heavy atom. The summed E-state index contributed by atoms with van der Waals surface area (Å²) in [5.74, 6) is -1.11. The van der Waals surface area contributed by atoms with Gasteiger partial charge in [-0.2, -0.15) is 0 Å². The van der Waals surface area contributed by atoms with Crippen LogP contribution in [0, 0.1) is 23.7 Å². The molecule has 4 atom stereocenters. The summed E-state index contributed by atoms with van der Waals surface area (Å²) < 4.78 is 0. The minimum absolute atomic E-state index is 0.0112. The van der Waals surface area contributed by atoms with Crippen LogP contribution in [-0.4, -0.2) is 17.3 Å². The summed E-state index contributed by atoms with van der Waals surface area (Å²) in [6, 6.07) is 18.2. The van der Waals surface area contributed by atoms with Crippen molar-refractivity contribution < 1.29 is 14.4 Å². The topological polar surface area (TPSA) is 51.2 Å². The quantitative estimate of drug-likeness (QED) is 0.796. The standard InChI is InChI=1S/C22H20O3/c23-18-13-16-11-12-17(18)20(22(25)15-9-5-2-6-10-15)19(16)21(24)14-7-3-1-4-8-14/h1-10,16-17,19-20H,11-13H2/t16-,17+,19+,20+/m1/s1. The molecule has 3 aliphatic carbocycles. The van der Waals surface area contributed by atoms with Crippen molar-refractivity contribution in [2.24, 2.45) is 23.7 Å². The van der Waals surface area contributed by atoms with Crippen LogP contribution < -0.4 is 0 Å². The van der Waals surface area contributed by atoms with Gasteiger partial charge >= 0.3 is 0 Å². The summed E-state index contributed by atoms with van der Waals surface area (Å²) in [5, 5.41) is 0. The van der Waals surface area contributed by atoms with Crippen molar-refractivity contribution in [2.75, 3.05) is 0 Å². The van der Waals surface area contributed by atoms with Crippen molar-refractivity contribution in [1.29, 1.82) is 0 Å². The number of Topliss-reactive ketones (excluding diaryl/α,β-unsaturated/α-hetero) is 3. The molecule has 0 aromatic heterocycles. The van der Waals surface area contributed by atoms with Gasteiger partial charge in [-0.25, -0.2) is 0 Å². The maximum absolute atomic E-state index is 13.2. The first-order chi connectivity index (χ1) is 12.2. The predicted molar refractivity (Wildman–Crippen MR) is 94.4 cm³/mol. The van der Waals surface area contributed by atoms with E-state index in [-0.39, 0.29) is 35.1 Å². The number of benzene rings is 2. The molecule has 0 amide bonds. The van der Waals surface area contributed by atoms with E-state index in [1.165, 1.54) is 0 Å². The summed E-state index contributed by atoms with van der Waals surface area (Å²) >= 11 is 0. The summed E-state index contributed by atoms with van der Waals surface area (Å²) in [6.07, 6.45) is 2.02. The van der Waals surface area contributed by atoms with E-state index in [1.54, 1.807) is 24.3 Å². The van der Waals surface area contributed by atoms with Gasteiger partial charge in [-0.15, -0.1) is 0 Å². The van der Waals surface area contributed by atoms with Gasteiger partial charge in [-0.3, -0.25) is 14.4 Å². The Labute approximate surface area is 147 Å². The number of hydrogen-bond donors (Lipinski definition) is 0. The molecule has 5 rings (SSSR count). The Hall–Kier alpha value is -2.55. The highest BCUT2D eigenvalue weighted by Gasteiger charge is 2.53. The molecule has 0 heterocycles. The average Bonchev–Trinajstić information content (AvgIpc) is 2.68. The third kappa shape index (κ3) is 2.74. The monoisotopic (exact) mass is 332 g/mol. The third-order valence-electron chi connectivity index (χ3n) is 5.78. The van der Waals surface area contributed by atoms with E-state index in [1.807, 2.05) is 36.4 Å². The van der Waals surface area contributed by atoms with Crippen LogP contribution in [0.2, 0.25) is 0 Å². The maximum atomic E-state index is 13.2. The second-order valence-electron chi connectivity index (χ2n) is 7.13. The van der Waals surface area contributed by atoms with Gasteiger partial charge in [0.05, 0.1) is 0 Å². The Morgan fingerprint density at radius 1 is 0.720 bits per heavy atom. The highest BCUT2D eigenvalue weighted by atomic mass is 16.1. The molecular weight excluding hydrogens is 312 g/mol. The molecule has 3 fully saturated rings. The van der Waals surface area contributed by atoms with Crippen molar-refractivity contribution in [3.05, 3.63) is 71.8 Å². The zero-order valence-electron chi connectivity index (χ0n) is 13.9. The van der Waals surface area contributed by atoms with E-state index in [9.17, 15) is 14.4 Å². The second kappa shape index (κ2) is 6.40. The fourth-order valence-electron chi connectivity index (χ4n) is 4.61. The van der Waals surface area contributed by atoms with Gasteiger partial charge < -0.3 is 0 Å². The minimum Gasteiger partial charge on any atom is -0.299 e. The highest BCUT2D eigenvalue weighted by Crippen LogP contribution is 2.49. The Bertz CT molecular complexity index is 810. The van der Waals surface area contributed by atoms with E-state index < -0.39 is 5.92 Å². The predicted octanol–water partition coefficient (Wildman–Crippen LogP) is 3.98. The molecule has 0 aliphatic heterocycles. The highest BCUT2D eigenvalue weighted by molar-refractivity contribution is 6.08. The largest absolute Gasteiger partial charge is 0.299 e. The molecule has 0 saturated heterocycles. The molecule has 0 N–H and O–H groups in total. The van der Waals surface area contributed by atoms with E-state index in [2.05, 4.69) is 0 Å². The van der Waals surface area contributed by atoms with Gasteiger partial charge in [0.25, 0.3) is 0 Å². The van der Waals surface area contributed by atoms with Crippen LogP contribution in [0.25, 0.3) is 0 Å². The number of carbonyl (C=O) groups excluding carboxylic acids is 3. The first-order valence-corrected chi connectivity index (χ1v) is 8.88. The molecule has 0 spiro atoms. The van der Waals surface area contributed by atoms with Crippen LogP contribution in [0.3, 0.4) is 0 Å². The molecular formula is C22H20O3. The lowest BCUT2D eigenvalue weighted by Crippen LogP contribution is -2.51. The van der Waals surface area contributed by atoms with E-state index in [0.717, 1.165) is 12.8 Å². The molecule has 2 aromatic carbocycles. The van der Waals surface area contributed by atoms with Crippen molar-refractivity contribution in [3.8, 4) is 0 Å². The first kappa shape index (κ1) is 15.9. The molecule has 3 heteroatoms. The number of fused-ring (bicyclic) bond motifs is 3. The smallest absolute Gasteiger partial charge is 0.167 e. The van der Waals surface area contributed by atoms with Crippen LogP contribution in [0.5, 0.6) is 0 Å². The minimum atomic E-state index is -0.518. The number of carbonyl (C=O) groups is 3. The van der Waals surface area contributed by atoms with Crippen LogP contribution in [0.15, 0.2) is 60.7 Å². The van der Waals surface area contributed by atoms with Gasteiger partial charge in [-0.05, 0) is 18.8 Å². The lowest BCUT2D eigenvalue weighted by Gasteiger charge is -2.46. The molecule has 3 aliphatic rings. The Balaban J connectivity index is 1.74. The lowest BCUT2D eigenvalue weighted by molar-refractivity contribution is -0.133. The SMILES string of the molecule is O=C(c1ccccc1)[C@@H]1[C@@H](C(=O)c2ccccc2)[C@@H]2CC[C@H]1C(=O)C2. The molecule has 25 heavy (non-hydrogen) atoms. The fraction of sp³-hybridized carbons (Fsp3) is 0.318. The van der Waals surface area contributed by atoms with Gasteiger partial charge in [0, 0.05) is 35.3 Å². The summed E-state index contributed by atoms with van der Waals surface area (Å²) in [5.41, 5.74) is 1.23. The van der Waals surface area contributed by atoms with E-state index in [4.69, 9.17) is 0 Å². The van der Waals surface area contributed by atoms with Gasteiger partial charge in [0.15, 0.2) is 11.6 Å². The third-order valence-corrected chi connectivity index (χ3v) is 5.78. The van der Waals surface area contributed by atoms with Crippen molar-refractivity contribution in [3.63, 3.8) is 0 Å². The van der Waals surface area contributed by atoms with Crippen LogP contribution in [0.4, 0.5) is 0 Å². The van der Waals surface area contributed by atoms with Crippen molar-refractivity contribution in [2.45, 2.75) is 19.3 Å². The summed E-state index contributed by atoms with van der Waals surface area (Å²) in [6.45, 7) is 0. The number of rotatable bonds is 4. The van der Waals surface area contributed by atoms with Crippen LogP contribution >= 0.6 is 0 Å². The molecule has 3 saturated carbocycles. The van der Waals surface area contributed by atoms with Gasteiger partial charge in [0.2, 0.25) is 0 Å². The molecule has 2 bridgehead atoms. The van der Waals surface area contributed by atoms with Gasteiger partial charge in [0.1, 0.15) is 5.78 Å². The summed E-state index contributed by atoms with van der Waals surface area (Å²) in [7, 11) is 0. The van der Waals surface area contributed by atoms with Crippen LogP contribution in [-0.2, 0) is 4.79 Å².